The molecule has 0 aliphatic rings. The molecular formula is C25H40FNO3. The lowest BCUT2D eigenvalue weighted by atomic mass is 10.1. The second kappa shape index (κ2) is 18.3. The van der Waals surface area contributed by atoms with Gasteiger partial charge < -0.3 is 14.6 Å². The quantitative estimate of drug-likeness (QED) is 0.267. The Morgan fingerprint density at radius 3 is 2.10 bits per heavy atom. The first-order valence-corrected chi connectivity index (χ1v) is 11.7. The summed E-state index contributed by atoms with van der Waals surface area (Å²) in [7, 11) is 0. The maximum Gasteiger partial charge on any atom is 0.130 e. The summed E-state index contributed by atoms with van der Waals surface area (Å²) in [5.74, 6) is -0.469. The van der Waals surface area contributed by atoms with Crippen molar-refractivity contribution in [1.82, 2.24) is 0 Å². The summed E-state index contributed by atoms with van der Waals surface area (Å²) in [5.41, 5.74) is 0.647. The molecule has 0 saturated carbocycles. The van der Waals surface area contributed by atoms with E-state index in [2.05, 4.69) is 6.92 Å². The van der Waals surface area contributed by atoms with Gasteiger partial charge in [-0.25, -0.2) is 4.39 Å². The summed E-state index contributed by atoms with van der Waals surface area (Å²) >= 11 is 0. The Hall–Kier alpha value is -1.48. The largest absolute Gasteiger partial charge is 0.394 e. The number of nitrogens with zero attached hydrogens (tertiary/aromatic N) is 1. The van der Waals surface area contributed by atoms with Gasteiger partial charge in [-0.05, 0) is 18.6 Å². The van der Waals surface area contributed by atoms with Crippen LogP contribution in [0.2, 0.25) is 0 Å². The third-order valence-corrected chi connectivity index (χ3v) is 5.31. The maximum absolute atomic E-state index is 13.9. The summed E-state index contributed by atoms with van der Waals surface area (Å²) in [4.78, 5) is 0. The molecule has 1 aromatic carbocycles. The first kappa shape index (κ1) is 26.6. The fourth-order valence-corrected chi connectivity index (χ4v) is 3.35. The molecule has 0 unspecified atom stereocenters. The molecule has 0 aromatic heterocycles. The minimum Gasteiger partial charge on any atom is -0.394 e. The van der Waals surface area contributed by atoms with E-state index in [9.17, 15) is 9.50 Å². The summed E-state index contributed by atoms with van der Waals surface area (Å²) < 4.78 is 25.0. The lowest BCUT2D eigenvalue weighted by Gasteiger charge is -2.16. The number of hydrogen-bond acceptors (Lipinski definition) is 4. The molecule has 1 rings (SSSR count). The SMILES string of the molecule is CCCCCCCCCCCCCCOC[C@H](CO)OCc1ccc(C#N)cc1F. The van der Waals surface area contributed by atoms with Crippen molar-refractivity contribution in [1.29, 1.82) is 5.26 Å². The molecule has 1 N–H and O–H groups in total. The fourth-order valence-electron chi connectivity index (χ4n) is 3.35. The molecule has 170 valence electrons. The number of rotatable bonds is 19. The molecule has 0 saturated heterocycles. The average Bonchev–Trinajstić information content (AvgIpc) is 2.76. The van der Waals surface area contributed by atoms with E-state index in [0.29, 0.717) is 18.8 Å². The number of ether oxygens (including phenoxy) is 2. The van der Waals surface area contributed by atoms with Gasteiger partial charge >= 0.3 is 0 Å². The van der Waals surface area contributed by atoms with Crippen LogP contribution in [0.5, 0.6) is 0 Å². The summed E-state index contributed by atoms with van der Waals surface area (Å²) in [6.07, 6.45) is 15.2. The predicted octanol–water partition coefficient (Wildman–Crippen LogP) is 6.29. The Balaban J connectivity index is 1.98. The van der Waals surface area contributed by atoms with Crippen LogP contribution in [0, 0.1) is 17.1 Å². The van der Waals surface area contributed by atoms with E-state index < -0.39 is 11.9 Å². The van der Waals surface area contributed by atoms with E-state index >= 15 is 0 Å². The van der Waals surface area contributed by atoms with Crippen LogP contribution in [0.3, 0.4) is 0 Å². The van der Waals surface area contributed by atoms with Gasteiger partial charge in [0.2, 0.25) is 0 Å². The van der Waals surface area contributed by atoms with Crippen molar-refractivity contribution in [3.05, 3.63) is 35.1 Å². The second-order valence-electron chi connectivity index (χ2n) is 8.00. The predicted molar refractivity (Wildman–Crippen MR) is 119 cm³/mol. The number of aliphatic hydroxyl groups is 1. The lowest BCUT2D eigenvalue weighted by Crippen LogP contribution is -2.24. The number of unbranched alkanes of at least 4 members (excludes halogenated alkanes) is 11. The first-order chi connectivity index (χ1) is 14.7. The molecule has 0 aliphatic carbocycles. The molecule has 0 heterocycles. The zero-order valence-corrected chi connectivity index (χ0v) is 18.7. The molecule has 1 aromatic rings. The van der Waals surface area contributed by atoms with Crippen molar-refractivity contribution < 1.29 is 19.0 Å². The van der Waals surface area contributed by atoms with Crippen molar-refractivity contribution in [2.75, 3.05) is 19.8 Å². The molecule has 0 aliphatic heterocycles. The van der Waals surface area contributed by atoms with Crippen molar-refractivity contribution in [3.8, 4) is 6.07 Å². The van der Waals surface area contributed by atoms with Crippen LogP contribution >= 0.6 is 0 Å². The molecule has 0 amide bonds. The maximum atomic E-state index is 13.9. The van der Waals surface area contributed by atoms with Crippen LogP contribution in [-0.4, -0.2) is 31.0 Å². The number of aliphatic hydroxyl groups excluding tert-OH is 1. The van der Waals surface area contributed by atoms with Gasteiger partial charge in [-0.15, -0.1) is 0 Å². The highest BCUT2D eigenvalue weighted by atomic mass is 19.1. The highest BCUT2D eigenvalue weighted by Crippen LogP contribution is 2.13. The molecule has 5 heteroatoms. The monoisotopic (exact) mass is 421 g/mol. The summed E-state index contributed by atoms with van der Waals surface area (Å²) in [6.45, 7) is 3.08. The Bertz CT molecular complexity index is 588. The Labute approximate surface area is 182 Å². The van der Waals surface area contributed by atoms with E-state index in [0.717, 1.165) is 12.8 Å². The van der Waals surface area contributed by atoms with E-state index in [1.165, 1.54) is 76.3 Å². The van der Waals surface area contributed by atoms with E-state index in [1.54, 1.807) is 6.07 Å². The van der Waals surface area contributed by atoms with E-state index in [-0.39, 0.29) is 18.8 Å². The van der Waals surface area contributed by atoms with Gasteiger partial charge in [-0.2, -0.15) is 5.26 Å². The molecule has 4 nitrogen and oxygen atoms in total. The Morgan fingerprint density at radius 2 is 1.57 bits per heavy atom. The topological polar surface area (TPSA) is 62.5 Å². The van der Waals surface area contributed by atoms with Crippen molar-refractivity contribution >= 4 is 0 Å². The number of hydrogen-bond donors (Lipinski definition) is 1. The van der Waals surface area contributed by atoms with Gasteiger partial charge in [0.25, 0.3) is 0 Å². The minimum absolute atomic E-state index is 0.0464. The Morgan fingerprint density at radius 1 is 0.967 bits per heavy atom. The molecule has 1 atom stereocenters. The highest BCUT2D eigenvalue weighted by molar-refractivity contribution is 5.32. The number of benzene rings is 1. The van der Waals surface area contributed by atoms with Crippen LogP contribution in [-0.2, 0) is 16.1 Å². The number of halogens is 1. The Kier molecular flexibility index (Phi) is 16.2. The van der Waals surface area contributed by atoms with Crippen LogP contribution in [0.15, 0.2) is 18.2 Å². The van der Waals surface area contributed by atoms with Crippen LogP contribution in [0.25, 0.3) is 0 Å². The summed E-state index contributed by atoms with van der Waals surface area (Å²) in [6, 6.07) is 6.18. The van der Waals surface area contributed by atoms with E-state index in [1.807, 2.05) is 6.07 Å². The molecule has 0 bridgehead atoms. The first-order valence-electron chi connectivity index (χ1n) is 11.7. The van der Waals surface area contributed by atoms with Crippen LogP contribution in [0.1, 0.15) is 95.1 Å². The molecule has 30 heavy (non-hydrogen) atoms. The van der Waals surface area contributed by atoms with Gasteiger partial charge in [0.05, 0.1) is 31.5 Å². The van der Waals surface area contributed by atoms with Gasteiger partial charge in [0.1, 0.15) is 11.9 Å². The highest BCUT2D eigenvalue weighted by Gasteiger charge is 2.11. The van der Waals surface area contributed by atoms with Gasteiger partial charge in [-0.3, -0.25) is 0 Å². The average molecular weight is 422 g/mol. The molecule has 0 spiro atoms. The van der Waals surface area contributed by atoms with Gasteiger partial charge in [0, 0.05) is 12.2 Å². The zero-order chi connectivity index (χ0) is 21.9. The number of nitriles is 1. The smallest absolute Gasteiger partial charge is 0.130 e. The van der Waals surface area contributed by atoms with Gasteiger partial charge in [0.15, 0.2) is 0 Å². The fraction of sp³-hybridized carbons (Fsp3) is 0.720. The van der Waals surface area contributed by atoms with Gasteiger partial charge in [-0.1, -0.05) is 83.6 Å². The second-order valence-corrected chi connectivity index (χ2v) is 8.00. The molecule has 0 radical (unpaired) electrons. The standard InChI is InChI=1S/C25H40FNO3/c1-2-3-4-5-6-7-8-9-10-11-12-13-16-29-21-24(19-28)30-20-23-15-14-22(18-27)17-25(23)26/h14-15,17,24,28H,2-13,16,19-21H2,1H3/t24-/m0/s1. The third kappa shape index (κ3) is 13.0. The van der Waals surface area contributed by atoms with Crippen LogP contribution < -0.4 is 0 Å². The van der Waals surface area contributed by atoms with Crippen molar-refractivity contribution in [2.45, 2.75) is 96.7 Å². The minimum atomic E-state index is -0.475. The van der Waals surface area contributed by atoms with Crippen molar-refractivity contribution in [2.24, 2.45) is 0 Å². The van der Waals surface area contributed by atoms with E-state index in [4.69, 9.17) is 14.7 Å². The van der Waals surface area contributed by atoms with Crippen molar-refractivity contribution in [3.63, 3.8) is 0 Å². The third-order valence-electron chi connectivity index (χ3n) is 5.31. The molecular weight excluding hydrogens is 381 g/mol. The zero-order valence-electron chi connectivity index (χ0n) is 18.7. The lowest BCUT2D eigenvalue weighted by molar-refractivity contribution is -0.0509. The molecule has 0 fully saturated rings. The normalized spacial score (nSPS) is 12.1. The van der Waals surface area contributed by atoms with Crippen LogP contribution in [0.4, 0.5) is 4.39 Å². The summed E-state index contributed by atoms with van der Waals surface area (Å²) in [5, 5.41) is 18.2.